The summed E-state index contributed by atoms with van der Waals surface area (Å²) < 4.78 is 6.31. The predicted octanol–water partition coefficient (Wildman–Crippen LogP) is 3.71. The van der Waals surface area contributed by atoms with Gasteiger partial charge in [0.1, 0.15) is 6.61 Å². The Hall–Kier alpha value is -2.64. The van der Waals surface area contributed by atoms with Gasteiger partial charge in [-0.2, -0.15) is 0 Å². The van der Waals surface area contributed by atoms with Gasteiger partial charge in [0.2, 0.25) is 0 Å². The Kier molecular flexibility index (Phi) is 5.69. The molecule has 0 saturated carbocycles. The van der Waals surface area contributed by atoms with E-state index >= 15 is 0 Å². The molecule has 148 valence electrons. The number of hydrogen-bond donors (Lipinski definition) is 1. The summed E-state index contributed by atoms with van der Waals surface area (Å²) in [7, 11) is 0. The maximum absolute atomic E-state index is 12.3. The molecule has 0 unspecified atom stereocenters. The first-order valence-electron chi connectivity index (χ1n) is 9.09. The zero-order chi connectivity index (χ0) is 20.4. The molecule has 1 aliphatic rings. The number of amides is 1. The van der Waals surface area contributed by atoms with Gasteiger partial charge in [0.15, 0.2) is 0 Å². The number of nitrogens with one attached hydrogen (secondary N) is 1. The number of carbonyl (C=O) groups is 2. The molecule has 1 N–H and O–H groups in total. The molecule has 1 amide bonds. The first-order valence-corrected chi connectivity index (χ1v) is 10.7. The van der Waals surface area contributed by atoms with E-state index in [0.29, 0.717) is 0 Å². The van der Waals surface area contributed by atoms with Gasteiger partial charge in [0.25, 0.3) is 0 Å². The van der Waals surface area contributed by atoms with E-state index in [1.54, 1.807) is 0 Å². The molecular formula is C22H17BrNO4S-. The van der Waals surface area contributed by atoms with Crippen LogP contribution >= 0.6 is 27.3 Å². The highest BCUT2D eigenvalue weighted by molar-refractivity contribution is 9.11. The average molecular weight is 471 g/mol. The number of benzene rings is 2. The van der Waals surface area contributed by atoms with Crippen LogP contribution < -0.4 is 10.4 Å². The third-order valence-electron chi connectivity index (χ3n) is 4.95. The van der Waals surface area contributed by atoms with Crippen LogP contribution in [0.5, 0.6) is 0 Å². The lowest BCUT2D eigenvalue weighted by Gasteiger charge is -2.20. The number of ether oxygens (including phenoxy) is 1. The normalized spacial score (nSPS) is 13.4. The molecule has 1 heterocycles. The number of rotatable bonds is 6. The number of carboxylic acid groups (broad SMARTS) is 1. The van der Waals surface area contributed by atoms with Gasteiger partial charge in [-0.3, -0.25) is 0 Å². The molecule has 7 heteroatoms. The van der Waals surface area contributed by atoms with Crippen molar-refractivity contribution in [3.8, 4) is 11.1 Å². The standard InChI is InChI=1S/C22H18BrNO4S/c23-20-10-9-13(29-20)11-19(21(25)26)24-22(27)28-12-18-16-7-3-1-5-14(16)15-6-2-4-8-17(15)18/h1-10,18-19H,11-12H2,(H,24,27)(H,25,26)/p-1/t19-/m0/s1. The van der Waals surface area contributed by atoms with E-state index < -0.39 is 18.1 Å². The summed E-state index contributed by atoms with van der Waals surface area (Å²) in [6.45, 7) is 0.129. The molecule has 3 aromatic rings. The molecule has 0 radical (unpaired) electrons. The predicted molar refractivity (Wildman–Crippen MR) is 113 cm³/mol. The van der Waals surface area contributed by atoms with Crippen molar-refractivity contribution in [2.45, 2.75) is 18.4 Å². The van der Waals surface area contributed by atoms with Crippen LogP contribution in [0, 0.1) is 0 Å². The summed E-state index contributed by atoms with van der Waals surface area (Å²) in [5.41, 5.74) is 4.46. The lowest BCUT2D eigenvalue weighted by atomic mass is 9.98. The molecule has 0 saturated heterocycles. The Morgan fingerprint density at radius 1 is 1.03 bits per heavy atom. The van der Waals surface area contributed by atoms with Gasteiger partial charge in [0, 0.05) is 17.2 Å². The van der Waals surface area contributed by atoms with Gasteiger partial charge in [-0.25, -0.2) is 4.79 Å². The monoisotopic (exact) mass is 470 g/mol. The molecule has 29 heavy (non-hydrogen) atoms. The number of fused-ring (bicyclic) bond motifs is 3. The van der Waals surface area contributed by atoms with Crippen molar-refractivity contribution in [3.05, 3.63) is 80.5 Å². The van der Waals surface area contributed by atoms with Gasteiger partial charge in [-0.15, -0.1) is 11.3 Å². The zero-order valence-electron chi connectivity index (χ0n) is 15.3. The van der Waals surface area contributed by atoms with Crippen molar-refractivity contribution in [3.63, 3.8) is 0 Å². The van der Waals surface area contributed by atoms with Crippen LogP contribution in [-0.4, -0.2) is 24.7 Å². The molecule has 4 rings (SSSR count). The molecule has 5 nitrogen and oxygen atoms in total. The molecular weight excluding hydrogens is 454 g/mol. The zero-order valence-corrected chi connectivity index (χ0v) is 17.7. The Morgan fingerprint density at radius 2 is 1.66 bits per heavy atom. The number of carbonyl (C=O) groups excluding carboxylic acids is 2. The maximum Gasteiger partial charge on any atom is 0.407 e. The van der Waals surface area contributed by atoms with Crippen molar-refractivity contribution in [1.29, 1.82) is 0 Å². The van der Waals surface area contributed by atoms with E-state index in [1.807, 2.05) is 48.5 Å². The largest absolute Gasteiger partial charge is 0.548 e. The first kappa shape index (κ1) is 19.7. The summed E-state index contributed by atoms with van der Waals surface area (Å²) >= 11 is 4.75. The van der Waals surface area contributed by atoms with Gasteiger partial charge in [-0.1, -0.05) is 48.5 Å². The quantitative estimate of drug-likeness (QED) is 0.595. The van der Waals surface area contributed by atoms with Gasteiger partial charge < -0.3 is 20.0 Å². The number of carboxylic acids is 1. The van der Waals surface area contributed by atoms with Crippen LogP contribution in [0.1, 0.15) is 21.9 Å². The van der Waals surface area contributed by atoms with Crippen LogP contribution in [0.3, 0.4) is 0 Å². The lowest BCUT2D eigenvalue weighted by Crippen LogP contribution is -2.49. The Balaban J connectivity index is 1.43. The third kappa shape index (κ3) is 4.21. The van der Waals surface area contributed by atoms with Crippen LogP contribution in [0.15, 0.2) is 64.5 Å². The minimum Gasteiger partial charge on any atom is -0.548 e. The molecule has 0 bridgehead atoms. The van der Waals surface area contributed by atoms with E-state index in [0.717, 1.165) is 30.9 Å². The molecule has 1 aliphatic carbocycles. The number of thiophene rings is 1. The summed E-state index contributed by atoms with van der Waals surface area (Å²) in [5, 5.41) is 13.9. The molecule has 1 atom stereocenters. The summed E-state index contributed by atoms with van der Waals surface area (Å²) in [6, 6.07) is 18.5. The Bertz CT molecular complexity index is 1020. The van der Waals surface area contributed by atoms with Crippen molar-refractivity contribution >= 4 is 39.3 Å². The number of alkyl carbamates (subject to hydrolysis) is 1. The fraction of sp³-hybridized carbons (Fsp3) is 0.182. The highest BCUT2D eigenvalue weighted by Crippen LogP contribution is 2.44. The van der Waals surface area contributed by atoms with E-state index in [2.05, 4.69) is 33.4 Å². The topological polar surface area (TPSA) is 78.5 Å². The Labute approximate surface area is 180 Å². The maximum atomic E-state index is 12.3. The van der Waals surface area contributed by atoms with Crippen molar-refractivity contribution in [2.24, 2.45) is 0 Å². The van der Waals surface area contributed by atoms with E-state index in [-0.39, 0.29) is 18.9 Å². The third-order valence-corrected chi connectivity index (χ3v) is 6.60. The van der Waals surface area contributed by atoms with E-state index in [9.17, 15) is 14.7 Å². The molecule has 1 aromatic heterocycles. The van der Waals surface area contributed by atoms with Crippen LogP contribution in [0.2, 0.25) is 0 Å². The van der Waals surface area contributed by atoms with Crippen LogP contribution in [0.25, 0.3) is 11.1 Å². The summed E-state index contributed by atoms with van der Waals surface area (Å²) in [5.74, 6) is -1.43. The fourth-order valence-corrected chi connectivity index (χ4v) is 5.17. The minimum atomic E-state index is -1.34. The van der Waals surface area contributed by atoms with Crippen molar-refractivity contribution in [1.82, 2.24) is 5.32 Å². The smallest absolute Gasteiger partial charge is 0.407 e. The molecule has 2 aromatic carbocycles. The number of hydrogen-bond acceptors (Lipinski definition) is 5. The second kappa shape index (κ2) is 8.39. The first-order chi connectivity index (χ1) is 14.0. The highest BCUT2D eigenvalue weighted by Gasteiger charge is 2.29. The van der Waals surface area contributed by atoms with Crippen molar-refractivity contribution < 1.29 is 19.4 Å². The van der Waals surface area contributed by atoms with Crippen LogP contribution in [0.4, 0.5) is 4.79 Å². The lowest BCUT2D eigenvalue weighted by molar-refractivity contribution is -0.308. The van der Waals surface area contributed by atoms with Gasteiger partial charge in [0.05, 0.1) is 15.8 Å². The summed E-state index contributed by atoms with van der Waals surface area (Å²) in [6.07, 6.45) is -0.625. The molecule has 0 spiro atoms. The molecule has 0 aliphatic heterocycles. The molecule has 0 fully saturated rings. The van der Waals surface area contributed by atoms with Gasteiger partial charge in [-0.05, 0) is 50.3 Å². The number of aliphatic carboxylic acids is 1. The SMILES string of the molecule is O=C(N[C@@H](Cc1ccc(Br)s1)C(=O)[O-])OCC1c2ccccc2-c2ccccc21. The minimum absolute atomic E-state index is 0.0807. The fourth-order valence-electron chi connectivity index (χ4n) is 3.64. The van der Waals surface area contributed by atoms with Gasteiger partial charge >= 0.3 is 6.09 Å². The average Bonchev–Trinajstić information content (AvgIpc) is 3.27. The second-order valence-corrected chi connectivity index (χ2v) is 9.30. The Morgan fingerprint density at radius 3 is 2.21 bits per heavy atom. The summed E-state index contributed by atoms with van der Waals surface area (Å²) in [4.78, 5) is 24.6. The van der Waals surface area contributed by atoms with Crippen LogP contribution in [-0.2, 0) is 16.0 Å². The van der Waals surface area contributed by atoms with E-state index in [4.69, 9.17) is 4.74 Å². The highest BCUT2D eigenvalue weighted by atomic mass is 79.9. The second-order valence-electron chi connectivity index (χ2n) is 6.75. The number of halogens is 1. The van der Waals surface area contributed by atoms with E-state index in [1.165, 1.54) is 11.3 Å². The van der Waals surface area contributed by atoms with Crippen molar-refractivity contribution in [2.75, 3.05) is 6.61 Å².